The fraction of sp³-hybridized carbons (Fsp3) is 0.600. The molecule has 1 N–H and O–H groups in total. The fourth-order valence-corrected chi connectivity index (χ4v) is 3.68. The molecule has 1 aliphatic rings. The number of rotatable bonds is 3. The molecule has 3 unspecified atom stereocenters. The molecule has 0 radical (unpaired) electrons. The van der Waals surface area contributed by atoms with Crippen LogP contribution < -0.4 is 5.32 Å². The van der Waals surface area contributed by atoms with E-state index >= 15 is 0 Å². The lowest BCUT2D eigenvalue weighted by molar-refractivity contribution is 0.230. The van der Waals surface area contributed by atoms with Crippen molar-refractivity contribution in [2.45, 2.75) is 38.6 Å². The molecule has 1 fully saturated rings. The van der Waals surface area contributed by atoms with E-state index in [1.54, 1.807) is 0 Å². The van der Waals surface area contributed by atoms with Crippen LogP contribution in [0.3, 0.4) is 0 Å². The average Bonchev–Trinajstić information content (AvgIpc) is 2.35. The van der Waals surface area contributed by atoms with Gasteiger partial charge in [0, 0.05) is 10.5 Å². The maximum Gasteiger partial charge on any atom is 0.0548 e. The third-order valence-corrected chi connectivity index (χ3v) is 5.28. The molecule has 18 heavy (non-hydrogen) atoms. The zero-order valence-corrected chi connectivity index (χ0v) is 13.4. The van der Waals surface area contributed by atoms with Crippen LogP contribution in [0.1, 0.15) is 44.2 Å². The van der Waals surface area contributed by atoms with E-state index in [0.717, 1.165) is 21.3 Å². The van der Waals surface area contributed by atoms with Gasteiger partial charge in [0.1, 0.15) is 0 Å². The topological polar surface area (TPSA) is 12.0 Å². The summed E-state index contributed by atoms with van der Waals surface area (Å²) in [5.74, 6) is 1.60. The SMILES string of the molecule is CNC(c1ccc(Cl)c(Br)c1)C1CCCC(C)C1. The molecule has 1 aromatic carbocycles. The maximum absolute atomic E-state index is 6.07. The highest BCUT2D eigenvalue weighted by atomic mass is 79.9. The first-order valence-electron chi connectivity index (χ1n) is 6.74. The Labute approximate surface area is 123 Å². The molecule has 1 aliphatic carbocycles. The molecule has 0 heterocycles. The van der Waals surface area contributed by atoms with Crippen molar-refractivity contribution in [3.05, 3.63) is 33.3 Å². The van der Waals surface area contributed by atoms with Crippen LogP contribution in [0.2, 0.25) is 5.02 Å². The standard InChI is InChI=1S/C15H21BrClN/c1-10-4-3-5-11(8-10)15(18-2)12-6-7-14(17)13(16)9-12/h6-7,9-11,15,18H,3-5,8H2,1-2H3. The molecule has 0 saturated heterocycles. The molecule has 1 nitrogen and oxygen atoms in total. The van der Waals surface area contributed by atoms with Crippen LogP contribution in [0.25, 0.3) is 0 Å². The van der Waals surface area contributed by atoms with E-state index in [1.807, 2.05) is 6.07 Å². The Morgan fingerprint density at radius 2 is 2.17 bits per heavy atom. The van der Waals surface area contributed by atoms with Crippen LogP contribution >= 0.6 is 27.5 Å². The molecule has 0 aliphatic heterocycles. The predicted octanol–water partition coefficient (Wildman–Crippen LogP) is 5.19. The Morgan fingerprint density at radius 1 is 1.39 bits per heavy atom. The van der Waals surface area contributed by atoms with Crippen molar-refractivity contribution < 1.29 is 0 Å². The Morgan fingerprint density at radius 3 is 2.78 bits per heavy atom. The lowest BCUT2D eigenvalue weighted by atomic mass is 9.77. The van der Waals surface area contributed by atoms with Gasteiger partial charge >= 0.3 is 0 Å². The first-order valence-corrected chi connectivity index (χ1v) is 7.91. The molecule has 2 rings (SSSR count). The number of halogens is 2. The smallest absolute Gasteiger partial charge is 0.0548 e. The molecule has 0 spiro atoms. The van der Waals surface area contributed by atoms with Crippen LogP contribution in [0.5, 0.6) is 0 Å². The molecule has 3 atom stereocenters. The van der Waals surface area contributed by atoms with E-state index < -0.39 is 0 Å². The van der Waals surface area contributed by atoms with Gasteiger partial charge in [-0.25, -0.2) is 0 Å². The maximum atomic E-state index is 6.07. The first-order chi connectivity index (χ1) is 8.61. The fourth-order valence-electron chi connectivity index (χ4n) is 3.16. The molecule has 0 amide bonds. The minimum absolute atomic E-state index is 0.446. The molecule has 100 valence electrons. The van der Waals surface area contributed by atoms with Crippen LogP contribution in [0, 0.1) is 11.8 Å². The van der Waals surface area contributed by atoms with E-state index in [2.05, 4.69) is 47.4 Å². The quantitative estimate of drug-likeness (QED) is 0.804. The Balaban J connectivity index is 2.18. The van der Waals surface area contributed by atoms with Crippen LogP contribution in [0.4, 0.5) is 0 Å². The minimum Gasteiger partial charge on any atom is -0.313 e. The first kappa shape index (κ1) is 14.4. The summed E-state index contributed by atoms with van der Waals surface area (Å²) in [6, 6.07) is 6.73. The van der Waals surface area contributed by atoms with Gasteiger partial charge in [-0.1, -0.05) is 37.4 Å². The molecular formula is C15H21BrClN. The highest BCUT2D eigenvalue weighted by molar-refractivity contribution is 9.10. The molecule has 3 heteroatoms. The van der Waals surface area contributed by atoms with E-state index in [1.165, 1.54) is 31.2 Å². The second-order valence-electron chi connectivity index (χ2n) is 5.47. The van der Waals surface area contributed by atoms with E-state index in [0.29, 0.717) is 6.04 Å². The van der Waals surface area contributed by atoms with E-state index in [-0.39, 0.29) is 0 Å². The van der Waals surface area contributed by atoms with Gasteiger partial charge < -0.3 is 5.32 Å². The third kappa shape index (κ3) is 3.28. The summed E-state index contributed by atoms with van der Waals surface area (Å²) in [6.45, 7) is 2.37. The van der Waals surface area contributed by atoms with Crippen molar-refractivity contribution in [2.75, 3.05) is 7.05 Å². The van der Waals surface area contributed by atoms with Crippen molar-refractivity contribution in [3.8, 4) is 0 Å². The van der Waals surface area contributed by atoms with Crippen molar-refractivity contribution >= 4 is 27.5 Å². The van der Waals surface area contributed by atoms with Gasteiger partial charge in [0.2, 0.25) is 0 Å². The summed E-state index contributed by atoms with van der Waals surface area (Å²) in [5, 5.41) is 4.27. The average molecular weight is 331 g/mol. The number of hydrogen-bond donors (Lipinski definition) is 1. The second kappa shape index (κ2) is 6.40. The highest BCUT2D eigenvalue weighted by Crippen LogP contribution is 2.38. The van der Waals surface area contributed by atoms with Crippen molar-refractivity contribution in [1.29, 1.82) is 0 Å². The zero-order chi connectivity index (χ0) is 13.1. The highest BCUT2D eigenvalue weighted by Gasteiger charge is 2.27. The Bertz CT molecular complexity index is 407. The predicted molar refractivity (Wildman–Crippen MR) is 82.1 cm³/mol. The van der Waals surface area contributed by atoms with Gasteiger partial charge in [0.15, 0.2) is 0 Å². The number of nitrogens with one attached hydrogen (secondary N) is 1. The molecule has 1 saturated carbocycles. The summed E-state index contributed by atoms with van der Waals surface area (Å²) < 4.78 is 0.991. The van der Waals surface area contributed by atoms with Crippen LogP contribution in [0.15, 0.2) is 22.7 Å². The van der Waals surface area contributed by atoms with Crippen molar-refractivity contribution in [3.63, 3.8) is 0 Å². The van der Waals surface area contributed by atoms with Gasteiger partial charge in [-0.3, -0.25) is 0 Å². The summed E-state index contributed by atoms with van der Waals surface area (Å²) in [5.41, 5.74) is 1.34. The van der Waals surface area contributed by atoms with Crippen LogP contribution in [-0.2, 0) is 0 Å². The van der Waals surface area contributed by atoms with Gasteiger partial charge in [-0.05, 0) is 65.4 Å². The minimum atomic E-state index is 0.446. The summed E-state index contributed by atoms with van der Waals surface area (Å²) >= 11 is 9.59. The van der Waals surface area contributed by atoms with E-state index in [4.69, 9.17) is 11.6 Å². The summed E-state index contributed by atoms with van der Waals surface area (Å²) in [4.78, 5) is 0. The zero-order valence-electron chi connectivity index (χ0n) is 11.0. The Kier molecular flexibility index (Phi) is 5.11. The molecule has 0 aromatic heterocycles. The van der Waals surface area contributed by atoms with Gasteiger partial charge in [0.25, 0.3) is 0 Å². The van der Waals surface area contributed by atoms with Crippen molar-refractivity contribution in [1.82, 2.24) is 5.32 Å². The van der Waals surface area contributed by atoms with E-state index in [9.17, 15) is 0 Å². The van der Waals surface area contributed by atoms with Crippen molar-refractivity contribution in [2.24, 2.45) is 11.8 Å². The lowest BCUT2D eigenvalue weighted by Crippen LogP contribution is -2.29. The molecule has 0 bridgehead atoms. The lowest BCUT2D eigenvalue weighted by Gasteiger charge is -2.33. The number of hydrogen-bond acceptors (Lipinski definition) is 1. The van der Waals surface area contributed by atoms with Gasteiger partial charge in [-0.2, -0.15) is 0 Å². The molecule has 1 aromatic rings. The van der Waals surface area contributed by atoms with Gasteiger partial charge in [-0.15, -0.1) is 0 Å². The number of benzene rings is 1. The normalized spacial score (nSPS) is 26.0. The molecular weight excluding hydrogens is 310 g/mol. The second-order valence-corrected chi connectivity index (χ2v) is 6.73. The summed E-state index contributed by atoms with van der Waals surface area (Å²) in [6.07, 6.45) is 5.40. The Hall–Kier alpha value is -0.0500. The van der Waals surface area contributed by atoms with Gasteiger partial charge in [0.05, 0.1) is 5.02 Å². The van der Waals surface area contributed by atoms with Crippen LogP contribution in [-0.4, -0.2) is 7.05 Å². The monoisotopic (exact) mass is 329 g/mol. The summed E-state index contributed by atoms with van der Waals surface area (Å²) in [7, 11) is 2.06. The largest absolute Gasteiger partial charge is 0.313 e. The third-order valence-electron chi connectivity index (χ3n) is 4.06.